The van der Waals surface area contributed by atoms with Crippen LogP contribution in [-0.4, -0.2) is 55.7 Å². The highest BCUT2D eigenvalue weighted by Crippen LogP contribution is 2.36. The molecule has 0 aromatic carbocycles. The molecule has 1 amide bonds. The third-order valence-electron chi connectivity index (χ3n) is 5.37. The van der Waals surface area contributed by atoms with Crippen LogP contribution in [-0.2, 0) is 14.8 Å². The lowest BCUT2D eigenvalue weighted by molar-refractivity contribution is 0.0131. The van der Waals surface area contributed by atoms with Crippen LogP contribution in [0.1, 0.15) is 60.3 Å². The molecule has 1 unspecified atom stereocenters. The molecular weight excluding hydrogens is 404 g/mol. The van der Waals surface area contributed by atoms with Gasteiger partial charge in [0.25, 0.3) is 0 Å². The van der Waals surface area contributed by atoms with Crippen molar-refractivity contribution < 1.29 is 17.9 Å². The van der Waals surface area contributed by atoms with Crippen molar-refractivity contribution in [2.75, 3.05) is 25.0 Å². The van der Waals surface area contributed by atoms with Crippen LogP contribution < -0.4 is 10.0 Å². The van der Waals surface area contributed by atoms with Crippen molar-refractivity contribution in [3.8, 4) is 0 Å². The van der Waals surface area contributed by atoms with E-state index in [-0.39, 0.29) is 16.5 Å². The number of likely N-dealkylation sites (tertiary alicyclic amines) is 1. The lowest BCUT2D eigenvalue weighted by Crippen LogP contribution is -2.45. The van der Waals surface area contributed by atoms with Crippen LogP contribution in [0.15, 0.2) is 23.2 Å². The number of primary sulfonamides is 1. The van der Waals surface area contributed by atoms with Gasteiger partial charge in [-0.1, -0.05) is 6.42 Å². The predicted octanol–water partition coefficient (Wildman–Crippen LogP) is 3.37. The molecule has 1 fully saturated rings. The number of aromatic nitrogens is 1. The van der Waals surface area contributed by atoms with Gasteiger partial charge in [0.1, 0.15) is 16.3 Å². The lowest BCUT2D eigenvalue weighted by Gasteiger charge is -2.33. The number of nitrogens with zero attached hydrogens (tertiary/aromatic N) is 3. The first-order chi connectivity index (χ1) is 13.7. The summed E-state index contributed by atoms with van der Waals surface area (Å²) < 4.78 is 28.2. The number of anilines is 1. The highest BCUT2D eigenvalue weighted by molar-refractivity contribution is 7.89. The second kappa shape index (κ2) is 9.09. The summed E-state index contributed by atoms with van der Waals surface area (Å²) >= 11 is 0. The molecule has 1 atom stereocenters. The quantitative estimate of drug-likeness (QED) is 0.652. The molecule has 0 saturated carbocycles. The van der Waals surface area contributed by atoms with E-state index in [4.69, 9.17) is 9.88 Å². The number of amides is 1. The molecule has 0 aliphatic carbocycles. The van der Waals surface area contributed by atoms with Crippen LogP contribution in [0, 0.1) is 5.92 Å². The molecule has 2 heterocycles. The summed E-state index contributed by atoms with van der Waals surface area (Å²) in [5, 5.41) is 5.10. The fourth-order valence-corrected chi connectivity index (χ4v) is 4.34. The standard InChI is InChI=1S/C21H36N4O4S/c1-20(2,3)29-19(26)25-15-16(13-21(25,4)5)9-7-8-12-24(6)18-11-10-17(14-23-18)30(22,27)28/h10-11,14,16H,7-9,12-13,15H2,1-6H3,(H2,22,27,28). The number of carbonyl (C=O) groups is 1. The van der Waals surface area contributed by atoms with E-state index in [1.807, 2.05) is 37.6 Å². The van der Waals surface area contributed by atoms with Gasteiger partial charge in [0.2, 0.25) is 10.0 Å². The molecule has 1 aliphatic rings. The number of hydrogen-bond donors (Lipinski definition) is 1. The Morgan fingerprint density at radius 1 is 1.33 bits per heavy atom. The van der Waals surface area contributed by atoms with E-state index in [0.717, 1.165) is 38.8 Å². The Morgan fingerprint density at radius 2 is 2.00 bits per heavy atom. The number of rotatable bonds is 7. The summed E-state index contributed by atoms with van der Waals surface area (Å²) in [7, 11) is -1.79. The summed E-state index contributed by atoms with van der Waals surface area (Å²) in [5.74, 6) is 1.17. The van der Waals surface area contributed by atoms with Gasteiger partial charge in [0.15, 0.2) is 0 Å². The molecule has 1 aromatic rings. The lowest BCUT2D eigenvalue weighted by atomic mass is 9.93. The molecule has 2 N–H and O–H groups in total. The fourth-order valence-electron chi connectivity index (χ4n) is 3.88. The number of nitrogens with two attached hydrogens (primary N) is 1. The first kappa shape index (κ1) is 24.4. The number of sulfonamides is 1. The molecule has 0 radical (unpaired) electrons. The minimum absolute atomic E-state index is 0.0121. The van der Waals surface area contributed by atoms with Crippen LogP contribution in [0.3, 0.4) is 0 Å². The first-order valence-corrected chi connectivity index (χ1v) is 11.9. The van der Waals surface area contributed by atoms with Crippen molar-refractivity contribution in [2.24, 2.45) is 11.1 Å². The number of pyridine rings is 1. The maximum atomic E-state index is 12.5. The van der Waals surface area contributed by atoms with Gasteiger partial charge in [-0.15, -0.1) is 0 Å². The highest BCUT2D eigenvalue weighted by atomic mass is 32.2. The third kappa shape index (κ3) is 6.84. The van der Waals surface area contributed by atoms with Crippen molar-refractivity contribution in [3.05, 3.63) is 18.3 Å². The van der Waals surface area contributed by atoms with Crippen LogP contribution in [0.25, 0.3) is 0 Å². The maximum Gasteiger partial charge on any atom is 0.410 e. The summed E-state index contributed by atoms with van der Waals surface area (Å²) in [4.78, 5) is 20.6. The molecule has 2 rings (SSSR count). The maximum absolute atomic E-state index is 12.5. The largest absolute Gasteiger partial charge is 0.444 e. The van der Waals surface area contributed by atoms with Gasteiger partial charge in [0, 0.05) is 31.9 Å². The number of unbranched alkanes of at least 4 members (excludes halogenated alkanes) is 1. The van der Waals surface area contributed by atoms with Crippen LogP contribution in [0.4, 0.5) is 10.6 Å². The van der Waals surface area contributed by atoms with Gasteiger partial charge < -0.3 is 14.5 Å². The van der Waals surface area contributed by atoms with E-state index in [9.17, 15) is 13.2 Å². The zero-order valence-electron chi connectivity index (χ0n) is 19.0. The second-order valence-electron chi connectivity index (χ2n) is 9.79. The monoisotopic (exact) mass is 440 g/mol. The minimum atomic E-state index is -3.72. The molecule has 170 valence electrons. The van der Waals surface area contributed by atoms with E-state index in [1.54, 1.807) is 6.07 Å². The van der Waals surface area contributed by atoms with Gasteiger partial charge in [-0.25, -0.2) is 23.3 Å². The molecule has 1 saturated heterocycles. The van der Waals surface area contributed by atoms with E-state index in [1.165, 1.54) is 12.3 Å². The first-order valence-electron chi connectivity index (χ1n) is 10.4. The Bertz CT molecular complexity index is 832. The van der Waals surface area contributed by atoms with Crippen molar-refractivity contribution in [1.82, 2.24) is 9.88 Å². The van der Waals surface area contributed by atoms with Crippen LogP contribution in [0.5, 0.6) is 0 Å². The predicted molar refractivity (Wildman–Crippen MR) is 118 cm³/mol. The van der Waals surface area contributed by atoms with Crippen LogP contribution in [0.2, 0.25) is 0 Å². The molecule has 0 spiro atoms. The van der Waals surface area contributed by atoms with Gasteiger partial charge in [-0.3, -0.25) is 0 Å². The van der Waals surface area contributed by atoms with E-state index < -0.39 is 15.6 Å². The molecule has 30 heavy (non-hydrogen) atoms. The van der Waals surface area contributed by atoms with Crippen molar-refractivity contribution in [1.29, 1.82) is 0 Å². The van der Waals surface area contributed by atoms with Gasteiger partial charge in [-0.05, 0) is 71.9 Å². The number of carbonyl (C=O) groups excluding carboxylic acids is 1. The van der Waals surface area contributed by atoms with Gasteiger partial charge in [-0.2, -0.15) is 0 Å². The number of hydrogen-bond acceptors (Lipinski definition) is 6. The normalized spacial score (nSPS) is 19.0. The van der Waals surface area contributed by atoms with Crippen LogP contribution >= 0.6 is 0 Å². The van der Waals surface area contributed by atoms with E-state index in [2.05, 4.69) is 18.8 Å². The average molecular weight is 441 g/mol. The Balaban J connectivity index is 1.79. The Labute approximate surface area is 180 Å². The smallest absolute Gasteiger partial charge is 0.410 e. The summed E-state index contributed by atoms with van der Waals surface area (Å²) in [5.41, 5.74) is -0.685. The zero-order valence-corrected chi connectivity index (χ0v) is 19.8. The Kier molecular flexibility index (Phi) is 7.40. The summed E-state index contributed by atoms with van der Waals surface area (Å²) in [6.45, 7) is 11.4. The minimum Gasteiger partial charge on any atom is -0.444 e. The van der Waals surface area contributed by atoms with Crippen molar-refractivity contribution >= 4 is 21.9 Å². The molecule has 9 heteroatoms. The zero-order chi connectivity index (χ0) is 22.7. The number of ether oxygens (including phenoxy) is 1. The van der Waals surface area contributed by atoms with Gasteiger partial charge in [0.05, 0.1) is 0 Å². The fraction of sp³-hybridized carbons (Fsp3) is 0.714. The second-order valence-corrected chi connectivity index (χ2v) is 11.3. The summed E-state index contributed by atoms with van der Waals surface area (Å²) in [6, 6.07) is 3.14. The average Bonchev–Trinajstić information content (AvgIpc) is 2.91. The molecule has 0 bridgehead atoms. The molecular formula is C21H36N4O4S. The Morgan fingerprint density at radius 3 is 2.53 bits per heavy atom. The van der Waals surface area contributed by atoms with E-state index >= 15 is 0 Å². The van der Waals surface area contributed by atoms with Crippen molar-refractivity contribution in [3.63, 3.8) is 0 Å². The highest BCUT2D eigenvalue weighted by Gasteiger charge is 2.42. The molecule has 1 aromatic heterocycles. The summed E-state index contributed by atoms with van der Waals surface area (Å²) in [6.07, 6.45) is 5.10. The molecule has 8 nitrogen and oxygen atoms in total. The third-order valence-corrected chi connectivity index (χ3v) is 6.27. The van der Waals surface area contributed by atoms with Crippen molar-refractivity contribution in [2.45, 2.75) is 76.3 Å². The topological polar surface area (TPSA) is 106 Å². The molecule has 1 aliphatic heterocycles. The Hall–Kier alpha value is -1.87. The van der Waals surface area contributed by atoms with Gasteiger partial charge >= 0.3 is 6.09 Å². The SMILES string of the molecule is CN(CCCCC1CN(C(=O)OC(C)(C)C)C(C)(C)C1)c1ccc(S(N)(=O)=O)cn1. The van der Waals surface area contributed by atoms with E-state index in [0.29, 0.717) is 11.7 Å².